The summed E-state index contributed by atoms with van der Waals surface area (Å²) in [4.78, 5) is 0. The van der Waals surface area contributed by atoms with E-state index in [0.29, 0.717) is 0 Å². The van der Waals surface area contributed by atoms with Crippen molar-refractivity contribution in [1.82, 2.24) is 0 Å². The van der Waals surface area contributed by atoms with Crippen molar-refractivity contribution in [3.63, 3.8) is 0 Å². The summed E-state index contributed by atoms with van der Waals surface area (Å²) in [6.45, 7) is 21.3. The lowest BCUT2D eigenvalue weighted by Gasteiger charge is -2.42. The van der Waals surface area contributed by atoms with E-state index >= 15 is 0 Å². The fraction of sp³-hybridized carbons (Fsp3) is 0.250. The molecule has 0 aliphatic carbocycles. The molecule has 0 bridgehead atoms. The van der Waals surface area contributed by atoms with Crippen LogP contribution in [0.3, 0.4) is 0 Å². The maximum Gasteiger partial charge on any atom is 0.0601 e. The highest BCUT2D eigenvalue weighted by Crippen LogP contribution is 2.23. The average molecular weight is 122 g/mol. The molecule has 0 N–H and O–H groups in total. The van der Waals surface area contributed by atoms with E-state index in [4.69, 9.17) is 0 Å². The molecule has 0 heterocycles. The van der Waals surface area contributed by atoms with Gasteiger partial charge in [0.2, 0.25) is 0 Å². The summed E-state index contributed by atoms with van der Waals surface area (Å²) >= 11 is 0. The topological polar surface area (TPSA) is 14.1 Å². The van der Waals surface area contributed by atoms with Crippen LogP contribution in [-0.4, -0.2) is 11.1 Å². The van der Waals surface area contributed by atoms with Crippen molar-refractivity contribution in [1.29, 1.82) is 0 Å². The quantitative estimate of drug-likeness (QED) is 0.496. The number of hydrogen-bond donors (Lipinski definition) is 0. The van der Waals surface area contributed by atoms with Crippen LogP contribution in [0.1, 0.15) is 0 Å². The minimum atomic E-state index is -0.828. The first-order chi connectivity index (χ1) is 3.71. The van der Waals surface area contributed by atoms with E-state index in [0.717, 1.165) is 0 Å². The van der Waals surface area contributed by atoms with Gasteiger partial charge >= 0.3 is 0 Å². The Labute approximate surface area is 58.8 Å². The smallest absolute Gasteiger partial charge is 0.0601 e. The van der Waals surface area contributed by atoms with Gasteiger partial charge in [-0.3, -0.25) is 6.92 Å². The third-order valence-electron chi connectivity index (χ3n) is 0.474. The van der Waals surface area contributed by atoms with Crippen LogP contribution in [0.15, 0.2) is 0 Å². The lowest BCUT2D eigenvalue weighted by Crippen LogP contribution is -2.26. The van der Waals surface area contributed by atoms with Crippen LogP contribution in [0, 0.1) is 41.5 Å². The fourth-order valence-electron chi connectivity index (χ4n) is 0.503. The number of rotatable bonds is 2. The Bertz CT molecular complexity index is 69.7. The molecule has 0 saturated heterocycles. The SMILES string of the molecule is [CH2]C([CH2+])([CH2-])[N-]C([CH2+])([CH2+])[CH2-]. The van der Waals surface area contributed by atoms with Gasteiger partial charge in [0.05, 0.1) is 13.8 Å². The zero-order chi connectivity index (χ0) is 7.71. The molecule has 0 fully saturated rings. The van der Waals surface area contributed by atoms with E-state index in [-0.39, 0.29) is 0 Å². The summed E-state index contributed by atoms with van der Waals surface area (Å²) in [5.41, 5.74) is -1.66. The van der Waals surface area contributed by atoms with Gasteiger partial charge in [0.15, 0.2) is 0 Å². The van der Waals surface area contributed by atoms with Crippen LogP contribution in [0.2, 0.25) is 0 Å². The van der Waals surface area contributed by atoms with Crippen LogP contribution >= 0.6 is 0 Å². The van der Waals surface area contributed by atoms with Gasteiger partial charge in [0.1, 0.15) is 0 Å². The minimum Gasteiger partial charge on any atom is -0.587 e. The molecule has 0 saturated carbocycles. The van der Waals surface area contributed by atoms with E-state index in [1.165, 1.54) is 0 Å². The highest BCUT2D eigenvalue weighted by atomic mass is 15.0. The predicted octanol–water partition coefficient (Wildman–Crippen LogP) is 1.84. The lowest BCUT2D eigenvalue weighted by atomic mass is 10.0. The van der Waals surface area contributed by atoms with E-state index in [1.807, 2.05) is 0 Å². The van der Waals surface area contributed by atoms with Crippen molar-refractivity contribution in [2.75, 3.05) is 0 Å². The molecule has 0 aliphatic heterocycles. The zero-order valence-electron chi connectivity index (χ0n) is 5.69. The monoisotopic (exact) mass is 122 g/mol. The molecule has 0 spiro atoms. The van der Waals surface area contributed by atoms with Crippen LogP contribution < -0.4 is 0 Å². The van der Waals surface area contributed by atoms with Gasteiger partial charge in [-0.15, -0.1) is 0 Å². The second kappa shape index (κ2) is 2.07. The molecular formula is C8H12N. The van der Waals surface area contributed by atoms with E-state index < -0.39 is 11.1 Å². The van der Waals surface area contributed by atoms with Crippen LogP contribution in [0.5, 0.6) is 0 Å². The molecule has 1 radical (unpaired) electrons. The second-order valence-electron chi connectivity index (χ2n) is 2.56. The van der Waals surface area contributed by atoms with Gasteiger partial charge in [-0.05, 0) is 0 Å². The first-order valence-electron chi connectivity index (χ1n) is 2.57. The Morgan fingerprint density at radius 1 is 1.22 bits per heavy atom. The Kier molecular flexibility index (Phi) is 1.97. The van der Waals surface area contributed by atoms with Crippen molar-refractivity contribution in [3.8, 4) is 0 Å². The van der Waals surface area contributed by atoms with Gasteiger partial charge in [0.25, 0.3) is 0 Å². The highest BCUT2D eigenvalue weighted by Gasteiger charge is 2.11. The first-order valence-corrected chi connectivity index (χ1v) is 2.57. The van der Waals surface area contributed by atoms with E-state index in [1.54, 1.807) is 0 Å². The molecule has 0 amide bonds. The van der Waals surface area contributed by atoms with Gasteiger partial charge < -0.3 is 12.2 Å². The molecule has 0 aliphatic rings. The molecule has 0 unspecified atom stereocenters. The summed E-state index contributed by atoms with van der Waals surface area (Å²) in [7, 11) is 0. The molecule has 9 heavy (non-hydrogen) atoms. The van der Waals surface area contributed by atoms with Gasteiger partial charge in [0, 0.05) is 12.5 Å². The summed E-state index contributed by atoms with van der Waals surface area (Å²) < 4.78 is 0. The molecule has 0 atom stereocenters. The molecule has 49 valence electrons. The van der Waals surface area contributed by atoms with E-state index in [2.05, 4.69) is 46.9 Å². The van der Waals surface area contributed by atoms with Crippen molar-refractivity contribution in [2.45, 2.75) is 11.1 Å². The van der Waals surface area contributed by atoms with Crippen LogP contribution in [0.25, 0.3) is 5.32 Å². The molecule has 0 aromatic carbocycles. The maximum absolute atomic E-state index is 3.88. The Hall–Kier alpha value is -0.430. The molecular weight excluding hydrogens is 110 g/mol. The normalized spacial score (nSPS) is 19.0. The first kappa shape index (κ1) is 8.57. The van der Waals surface area contributed by atoms with Crippen LogP contribution in [-0.2, 0) is 0 Å². The largest absolute Gasteiger partial charge is 0.587 e. The Balaban J connectivity index is 3.75. The van der Waals surface area contributed by atoms with Crippen molar-refractivity contribution in [3.05, 3.63) is 46.9 Å². The highest BCUT2D eigenvalue weighted by molar-refractivity contribution is 5.27. The predicted molar refractivity (Wildman–Crippen MR) is 41.0 cm³/mol. The van der Waals surface area contributed by atoms with Gasteiger partial charge in [-0.1, -0.05) is 12.5 Å². The standard InChI is InChI=1S/C8H12N/c1-7(2,3)9-8(4,5)6/h1-6H2. The number of hydrogen-bond acceptors (Lipinski definition) is 0. The van der Waals surface area contributed by atoms with E-state index in [9.17, 15) is 0 Å². The average Bonchev–Trinajstić information content (AvgIpc) is 1.14. The maximum atomic E-state index is 3.88. The molecule has 0 rings (SSSR count). The van der Waals surface area contributed by atoms with Crippen molar-refractivity contribution < 1.29 is 0 Å². The summed E-state index contributed by atoms with van der Waals surface area (Å²) in [6.07, 6.45) is 0. The summed E-state index contributed by atoms with van der Waals surface area (Å²) in [5.74, 6) is 0. The fourth-order valence-corrected chi connectivity index (χ4v) is 0.503. The summed E-state index contributed by atoms with van der Waals surface area (Å²) in [6, 6.07) is 0. The Morgan fingerprint density at radius 3 is 1.56 bits per heavy atom. The molecule has 0 aromatic heterocycles. The summed E-state index contributed by atoms with van der Waals surface area (Å²) in [5, 5.41) is 3.88. The third kappa shape index (κ3) is 7.57. The number of nitrogens with zero attached hydrogens (tertiary/aromatic N) is 1. The lowest BCUT2D eigenvalue weighted by molar-refractivity contribution is 0.758. The second-order valence-corrected chi connectivity index (χ2v) is 2.56. The van der Waals surface area contributed by atoms with Crippen molar-refractivity contribution in [2.24, 2.45) is 0 Å². The zero-order valence-corrected chi connectivity index (χ0v) is 5.69. The van der Waals surface area contributed by atoms with Crippen LogP contribution in [0.4, 0.5) is 0 Å². The van der Waals surface area contributed by atoms with Gasteiger partial charge in [-0.25, -0.2) is 0 Å². The van der Waals surface area contributed by atoms with Gasteiger partial charge in [-0.2, -0.15) is 0 Å². The van der Waals surface area contributed by atoms with Crippen molar-refractivity contribution >= 4 is 0 Å². The molecule has 1 heteroatoms. The Morgan fingerprint density at radius 2 is 1.56 bits per heavy atom. The molecule has 0 aromatic rings. The minimum absolute atomic E-state index is 0.828. The molecule has 1 nitrogen and oxygen atoms in total. The third-order valence-corrected chi connectivity index (χ3v) is 0.474.